The average molecular weight is 95.2 g/mol. The lowest BCUT2D eigenvalue weighted by Crippen LogP contribution is -1.82. The second kappa shape index (κ2) is 3.74. The molecule has 0 spiro atoms. The van der Waals surface area contributed by atoms with Crippen LogP contribution < -0.4 is 0 Å². The van der Waals surface area contributed by atoms with Crippen LogP contribution in [0, 0.1) is 18.3 Å². The summed E-state index contributed by atoms with van der Waals surface area (Å²) in [6.45, 7) is 4.12. The van der Waals surface area contributed by atoms with E-state index in [1.165, 1.54) is 0 Å². The number of hydrogen-bond acceptors (Lipinski definition) is 0. The molecule has 0 fully saturated rings. The van der Waals surface area contributed by atoms with E-state index in [4.69, 9.17) is 6.42 Å². The maximum absolute atomic E-state index is 5.07. The highest BCUT2D eigenvalue weighted by Gasteiger charge is 1.91. The zero-order chi connectivity index (χ0) is 5.70. The van der Waals surface area contributed by atoms with Gasteiger partial charge in [-0.1, -0.05) is 19.3 Å². The Morgan fingerprint density at radius 3 is 2.43 bits per heavy atom. The summed E-state index contributed by atoms with van der Waals surface area (Å²) >= 11 is 0. The Balaban J connectivity index is 3.04. The molecule has 0 amide bonds. The fourth-order valence-electron chi connectivity index (χ4n) is 0.447. The first kappa shape index (κ1) is 6.56. The van der Waals surface area contributed by atoms with Crippen LogP contribution >= 0.6 is 0 Å². The van der Waals surface area contributed by atoms with E-state index in [9.17, 15) is 0 Å². The third-order valence-electron chi connectivity index (χ3n) is 0.871. The molecule has 0 aliphatic rings. The topological polar surface area (TPSA) is 0 Å². The standard InChI is InChI=1S/C7H11/c1-4-6-7(3)5-2/h2H,4,6H2,1,3H3. The van der Waals surface area contributed by atoms with Crippen LogP contribution in [0.4, 0.5) is 0 Å². The predicted molar refractivity (Wildman–Crippen MR) is 32.7 cm³/mol. The average Bonchev–Trinajstić information content (AvgIpc) is 1.68. The van der Waals surface area contributed by atoms with Gasteiger partial charge in [-0.25, -0.2) is 0 Å². The fraction of sp³-hybridized carbons (Fsp3) is 0.571. The molecule has 0 aromatic carbocycles. The minimum absolute atomic E-state index is 1.08. The van der Waals surface area contributed by atoms with Gasteiger partial charge in [-0.15, -0.1) is 6.42 Å². The SMILES string of the molecule is C#C[C](C)CCC. The van der Waals surface area contributed by atoms with Crippen molar-refractivity contribution < 1.29 is 0 Å². The number of hydrogen-bond donors (Lipinski definition) is 0. The van der Waals surface area contributed by atoms with Gasteiger partial charge >= 0.3 is 0 Å². The van der Waals surface area contributed by atoms with Crippen molar-refractivity contribution in [1.82, 2.24) is 0 Å². The Hall–Kier alpha value is -0.440. The van der Waals surface area contributed by atoms with E-state index >= 15 is 0 Å². The molecule has 0 saturated carbocycles. The van der Waals surface area contributed by atoms with Gasteiger partial charge in [0.2, 0.25) is 0 Å². The van der Waals surface area contributed by atoms with E-state index in [1.807, 2.05) is 6.92 Å². The Morgan fingerprint density at radius 2 is 2.29 bits per heavy atom. The molecule has 7 heavy (non-hydrogen) atoms. The van der Waals surface area contributed by atoms with Crippen molar-refractivity contribution in [3.8, 4) is 12.3 Å². The van der Waals surface area contributed by atoms with Gasteiger partial charge in [0.1, 0.15) is 0 Å². The third-order valence-corrected chi connectivity index (χ3v) is 0.871. The van der Waals surface area contributed by atoms with E-state index in [1.54, 1.807) is 0 Å². The van der Waals surface area contributed by atoms with Gasteiger partial charge < -0.3 is 0 Å². The zero-order valence-electron chi connectivity index (χ0n) is 4.99. The van der Waals surface area contributed by atoms with Crippen molar-refractivity contribution in [3.63, 3.8) is 0 Å². The van der Waals surface area contributed by atoms with Crippen molar-refractivity contribution in [3.05, 3.63) is 5.92 Å². The second-order valence-electron chi connectivity index (χ2n) is 1.67. The van der Waals surface area contributed by atoms with Crippen LogP contribution in [0.15, 0.2) is 0 Å². The van der Waals surface area contributed by atoms with Crippen LogP contribution in [-0.2, 0) is 0 Å². The highest BCUT2D eigenvalue weighted by Crippen LogP contribution is 2.03. The van der Waals surface area contributed by atoms with Crippen LogP contribution in [-0.4, -0.2) is 0 Å². The monoisotopic (exact) mass is 95.1 g/mol. The van der Waals surface area contributed by atoms with Crippen LogP contribution in [0.2, 0.25) is 0 Å². The maximum Gasteiger partial charge on any atom is 0.0446 e. The van der Waals surface area contributed by atoms with Crippen LogP contribution in [0.5, 0.6) is 0 Å². The van der Waals surface area contributed by atoms with Gasteiger partial charge in [0.05, 0.1) is 0 Å². The second-order valence-corrected chi connectivity index (χ2v) is 1.67. The summed E-state index contributed by atoms with van der Waals surface area (Å²) in [5, 5.41) is 0. The molecule has 0 N–H and O–H groups in total. The minimum Gasteiger partial charge on any atom is -0.119 e. The molecule has 0 heteroatoms. The lowest BCUT2D eigenvalue weighted by Gasteiger charge is -1.94. The Bertz CT molecular complexity index is 66.6. The molecule has 39 valence electrons. The molecule has 0 unspecified atom stereocenters. The first-order valence-electron chi connectivity index (χ1n) is 2.60. The third kappa shape index (κ3) is 3.39. The molecule has 0 aliphatic carbocycles. The number of rotatable bonds is 2. The summed E-state index contributed by atoms with van der Waals surface area (Å²) in [6.07, 6.45) is 7.31. The van der Waals surface area contributed by atoms with Gasteiger partial charge in [0, 0.05) is 5.92 Å². The van der Waals surface area contributed by atoms with Crippen molar-refractivity contribution in [2.45, 2.75) is 26.7 Å². The molecule has 0 aliphatic heterocycles. The normalized spacial score (nSPS) is 8.86. The summed E-state index contributed by atoms with van der Waals surface area (Å²) in [5.41, 5.74) is 0. The van der Waals surface area contributed by atoms with Gasteiger partial charge in [-0.2, -0.15) is 0 Å². The Morgan fingerprint density at radius 1 is 1.71 bits per heavy atom. The highest BCUT2D eigenvalue weighted by molar-refractivity contribution is 5.12. The highest BCUT2D eigenvalue weighted by atomic mass is 13.9. The van der Waals surface area contributed by atoms with Gasteiger partial charge in [-0.3, -0.25) is 0 Å². The molecule has 0 saturated heterocycles. The van der Waals surface area contributed by atoms with Gasteiger partial charge in [-0.05, 0) is 13.3 Å². The first-order chi connectivity index (χ1) is 3.31. The lowest BCUT2D eigenvalue weighted by atomic mass is 10.1. The molecular formula is C7H11. The number of terminal acetylenes is 1. The first-order valence-corrected chi connectivity index (χ1v) is 2.60. The molecule has 0 atom stereocenters. The summed E-state index contributed by atoms with van der Waals surface area (Å²) in [6, 6.07) is 0. The van der Waals surface area contributed by atoms with Crippen LogP contribution in [0.25, 0.3) is 0 Å². The summed E-state index contributed by atoms with van der Waals surface area (Å²) < 4.78 is 0. The molecule has 0 aromatic rings. The van der Waals surface area contributed by atoms with Crippen molar-refractivity contribution in [2.24, 2.45) is 0 Å². The smallest absolute Gasteiger partial charge is 0.0446 e. The summed E-state index contributed by atoms with van der Waals surface area (Å²) in [7, 11) is 0. The molecule has 1 radical (unpaired) electrons. The van der Waals surface area contributed by atoms with Crippen molar-refractivity contribution in [2.75, 3.05) is 0 Å². The van der Waals surface area contributed by atoms with E-state index in [2.05, 4.69) is 12.8 Å². The molecule has 0 bridgehead atoms. The zero-order valence-corrected chi connectivity index (χ0v) is 4.99. The van der Waals surface area contributed by atoms with E-state index in [-0.39, 0.29) is 0 Å². The molecular weight excluding hydrogens is 84.1 g/mol. The van der Waals surface area contributed by atoms with Crippen LogP contribution in [0.3, 0.4) is 0 Å². The van der Waals surface area contributed by atoms with E-state index in [0.29, 0.717) is 0 Å². The molecule has 0 nitrogen and oxygen atoms in total. The summed E-state index contributed by atoms with van der Waals surface area (Å²) in [5.74, 6) is 3.74. The summed E-state index contributed by atoms with van der Waals surface area (Å²) in [4.78, 5) is 0. The molecule has 0 aromatic heterocycles. The largest absolute Gasteiger partial charge is 0.119 e. The predicted octanol–water partition coefficient (Wildman–Crippen LogP) is 2.01. The van der Waals surface area contributed by atoms with Gasteiger partial charge in [0.15, 0.2) is 0 Å². The van der Waals surface area contributed by atoms with Crippen molar-refractivity contribution >= 4 is 0 Å². The van der Waals surface area contributed by atoms with Crippen LogP contribution in [0.1, 0.15) is 26.7 Å². The fourth-order valence-corrected chi connectivity index (χ4v) is 0.447. The maximum atomic E-state index is 5.07. The quantitative estimate of drug-likeness (QED) is 0.460. The van der Waals surface area contributed by atoms with Gasteiger partial charge in [0.25, 0.3) is 0 Å². The lowest BCUT2D eigenvalue weighted by molar-refractivity contribution is 0.853. The molecule has 0 heterocycles. The van der Waals surface area contributed by atoms with Crippen molar-refractivity contribution in [1.29, 1.82) is 0 Å². The minimum atomic E-state index is 1.08. The molecule has 0 rings (SSSR count). The van der Waals surface area contributed by atoms with E-state index in [0.717, 1.165) is 18.8 Å². The van der Waals surface area contributed by atoms with E-state index < -0.39 is 0 Å². The Labute approximate surface area is 45.9 Å². The Kier molecular flexibility index (Phi) is 3.50.